The van der Waals surface area contributed by atoms with Crippen molar-refractivity contribution in [3.8, 4) is 5.75 Å². The molecular formula is C19H18N2O6S. The lowest BCUT2D eigenvalue weighted by atomic mass is 10.2. The molecule has 0 aliphatic heterocycles. The summed E-state index contributed by atoms with van der Waals surface area (Å²) >= 11 is 1.09. The standard InChI is InChI=1S/C19H18N2O6S/c1-26-14-8-4-2-6-12(14)18(24)21-17(23)10-27-19(25)13-7-3-5-9-15(13)28-11-16(20)22/h2-9H,10-11H2,1H3,(H2,20,22)(H,21,23,24). The van der Waals surface area contributed by atoms with Crippen LogP contribution in [0.5, 0.6) is 5.75 Å². The first kappa shape index (κ1) is 21.0. The third-order valence-corrected chi connectivity index (χ3v) is 4.51. The number of carbonyl (C=O) groups is 4. The number of ether oxygens (including phenoxy) is 2. The van der Waals surface area contributed by atoms with Gasteiger partial charge in [0.05, 0.1) is 24.0 Å². The van der Waals surface area contributed by atoms with Crippen molar-refractivity contribution in [1.29, 1.82) is 0 Å². The van der Waals surface area contributed by atoms with E-state index in [-0.39, 0.29) is 16.9 Å². The number of carbonyl (C=O) groups excluding carboxylic acids is 4. The summed E-state index contributed by atoms with van der Waals surface area (Å²) in [4.78, 5) is 47.8. The van der Waals surface area contributed by atoms with Crippen molar-refractivity contribution in [2.75, 3.05) is 19.5 Å². The zero-order chi connectivity index (χ0) is 20.5. The Balaban J connectivity index is 1.95. The molecule has 9 heteroatoms. The van der Waals surface area contributed by atoms with Crippen LogP contribution >= 0.6 is 11.8 Å². The summed E-state index contributed by atoms with van der Waals surface area (Å²) in [5.74, 6) is -2.43. The molecule has 0 unspecified atom stereocenters. The first-order chi connectivity index (χ1) is 13.4. The minimum atomic E-state index is -0.786. The van der Waals surface area contributed by atoms with Crippen LogP contribution in [-0.2, 0) is 14.3 Å². The molecule has 0 radical (unpaired) electrons. The van der Waals surface area contributed by atoms with E-state index in [2.05, 4.69) is 5.32 Å². The third-order valence-electron chi connectivity index (χ3n) is 3.42. The summed E-state index contributed by atoms with van der Waals surface area (Å²) in [5, 5.41) is 2.13. The predicted molar refractivity (Wildman–Crippen MR) is 102 cm³/mol. The van der Waals surface area contributed by atoms with E-state index in [4.69, 9.17) is 15.2 Å². The maximum Gasteiger partial charge on any atom is 0.339 e. The fourth-order valence-electron chi connectivity index (χ4n) is 2.18. The lowest BCUT2D eigenvalue weighted by Gasteiger charge is -2.10. The molecule has 0 bridgehead atoms. The van der Waals surface area contributed by atoms with Gasteiger partial charge in [0.25, 0.3) is 11.8 Å². The van der Waals surface area contributed by atoms with Gasteiger partial charge in [-0.25, -0.2) is 4.79 Å². The normalized spacial score (nSPS) is 10.0. The van der Waals surface area contributed by atoms with E-state index >= 15 is 0 Å². The van der Waals surface area contributed by atoms with Crippen LogP contribution < -0.4 is 15.8 Å². The summed E-state index contributed by atoms with van der Waals surface area (Å²) in [6.45, 7) is -0.644. The van der Waals surface area contributed by atoms with Gasteiger partial charge in [-0.2, -0.15) is 0 Å². The van der Waals surface area contributed by atoms with Crippen LogP contribution in [-0.4, -0.2) is 43.2 Å². The number of nitrogens with two attached hydrogens (primary N) is 1. The second kappa shape index (κ2) is 10.1. The van der Waals surface area contributed by atoms with E-state index in [1.165, 1.54) is 19.2 Å². The summed E-state index contributed by atoms with van der Waals surface area (Å²) < 4.78 is 10.0. The summed E-state index contributed by atoms with van der Waals surface area (Å²) in [5.41, 5.74) is 5.48. The molecule has 3 amide bonds. The minimum Gasteiger partial charge on any atom is -0.496 e. The molecule has 146 valence electrons. The highest BCUT2D eigenvalue weighted by atomic mass is 32.2. The van der Waals surface area contributed by atoms with E-state index in [0.29, 0.717) is 10.6 Å². The van der Waals surface area contributed by atoms with Gasteiger partial charge >= 0.3 is 5.97 Å². The van der Waals surface area contributed by atoms with E-state index in [0.717, 1.165) is 11.8 Å². The van der Waals surface area contributed by atoms with Crippen molar-refractivity contribution in [2.45, 2.75) is 4.90 Å². The topological polar surface area (TPSA) is 125 Å². The maximum absolute atomic E-state index is 12.2. The maximum atomic E-state index is 12.2. The number of primary amides is 1. The Morgan fingerprint density at radius 2 is 1.64 bits per heavy atom. The molecule has 0 fully saturated rings. The summed E-state index contributed by atoms with van der Waals surface area (Å²) in [6.07, 6.45) is 0. The highest BCUT2D eigenvalue weighted by molar-refractivity contribution is 8.00. The number of methoxy groups -OCH3 is 1. The lowest BCUT2D eigenvalue weighted by molar-refractivity contribution is -0.123. The molecule has 2 rings (SSSR count). The van der Waals surface area contributed by atoms with Crippen LogP contribution in [0.1, 0.15) is 20.7 Å². The van der Waals surface area contributed by atoms with Gasteiger partial charge in [-0.3, -0.25) is 19.7 Å². The lowest BCUT2D eigenvalue weighted by Crippen LogP contribution is -2.34. The van der Waals surface area contributed by atoms with Gasteiger partial charge in [0.1, 0.15) is 5.75 Å². The number of nitrogens with one attached hydrogen (secondary N) is 1. The molecule has 0 aliphatic carbocycles. The smallest absolute Gasteiger partial charge is 0.339 e. The monoisotopic (exact) mass is 402 g/mol. The molecule has 0 saturated carbocycles. The van der Waals surface area contributed by atoms with Crippen LogP contribution in [0.4, 0.5) is 0 Å². The van der Waals surface area contributed by atoms with Crippen molar-refractivity contribution >= 4 is 35.5 Å². The minimum absolute atomic E-state index is 0.00180. The zero-order valence-electron chi connectivity index (χ0n) is 15.0. The molecule has 8 nitrogen and oxygen atoms in total. The highest BCUT2D eigenvalue weighted by Gasteiger charge is 2.18. The van der Waals surface area contributed by atoms with Gasteiger partial charge < -0.3 is 15.2 Å². The van der Waals surface area contributed by atoms with Gasteiger partial charge in [-0.15, -0.1) is 11.8 Å². The fraction of sp³-hybridized carbons (Fsp3) is 0.158. The number of esters is 1. The van der Waals surface area contributed by atoms with E-state index < -0.39 is 30.3 Å². The Hall–Kier alpha value is -3.33. The first-order valence-electron chi connectivity index (χ1n) is 8.06. The van der Waals surface area contributed by atoms with Gasteiger partial charge in [-0.1, -0.05) is 24.3 Å². The highest BCUT2D eigenvalue weighted by Crippen LogP contribution is 2.23. The van der Waals surface area contributed by atoms with Crippen LogP contribution in [0.2, 0.25) is 0 Å². The van der Waals surface area contributed by atoms with Crippen molar-refractivity contribution in [3.05, 3.63) is 59.7 Å². The molecule has 3 N–H and O–H groups in total. The molecule has 28 heavy (non-hydrogen) atoms. The van der Waals surface area contributed by atoms with Crippen LogP contribution in [0.3, 0.4) is 0 Å². The molecule has 2 aromatic rings. The molecule has 0 aliphatic rings. The first-order valence-corrected chi connectivity index (χ1v) is 9.05. The number of thioether (sulfide) groups is 1. The number of hydrogen-bond acceptors (Lipinski definition) is 7. The Kier molecular flexibility index (Phi) is 7.58. The van der Waals surface area contributed by atoms with Gasteiger partial charge in [-0.05, 0) is 24.3 Å². The van der Waals surface area contributed by atoms with Crippen LogP contribution in [0.15, 0.2) is 53.4 Å². The number of amides is 3. The van der Waals surface area contributed by atoms with Crippen molar-refractivity contribution < 1.29 is 28.7 Å². The average molecular weight is 402 g/mol. The number of imide groups is 1. The van der Waals surface area contributed by atoms with Crippen molar-refractivity contribution in [1.82, 2.24) is 5.32 Å². The van der Waals surface area contributed by atoms with Gasteiger partial charge in [0, 0.05) is 4.90 Å². The van der Waals surface area contributed by atoms with E-state index in [9.17, 15) is 19.2 Å². The molecule has 0 heterocycles. The number of para-hydroxylation sites is 1. The Morgan fingerprint density at radius 3 is 2.32 bits per heavy atom. The van der Waals surface area contributed by atoms with Gasteiger partial charge in [0.15, 0.2) is 6.61 Å². The Morgan fingerprint density at radius 1 is 1.00 bits per heavy atom. The van der Waals surface area contributed by atoms with E-state index in [1.807, 2.05) is 0 Å². The Bertz CT molecular complexity index is 899. The largest absolute Gasteiger partial charge is 0.496 e. The number of benzene rings is 2. The molecule has 0 spiro atoms. The second-order valence-corrected chi connectivity index (χ2v) is 6.42. The molecule has 0 atom stereocenters. The molecule has 0 aromatic heterocycles. The van der Waals surface area contributed by atoms with Crippen LogP contribution in [0, 0.1) is 0 Å². The SMILES string of the molecule is COc1ccccc1C(=O)NC(=O)COC(=O)c1ccccc1SCC(N)=O. The third kappa shape index (κ3) is 5.85. The zero-order valence-corrected chi connectivity index (χ0v) is 15.8. The fourth-order valence-corrected chi connectivity index (χ4v) is 2.96. The number of hydrogen-bond donors (Lipinski definition) is 2. The Labute approximate surface area is 165 Å². The summed E-state index contributed by atoms with van der Waals surface area (Å²) in [7, 11) is 1.41. The van der Waals surface area contributed by atoms with Crippen LogP contribution in [0.25, 0.3) is 0 Å². The quantitative estimate of drug-likeness (QED) is 0.505. The number of rotatable bonds is 8. The average Bonchev–Trinajstić information content (AvgIpc) is 2.70. The van der Waals surface area contributed by atoms with Crippen molar-refractivity contribution in [3.63, 3.8) is 0 Å². The molecule has 2 aromatic carbocycles. The van der Waals surface area contributed by atoms with Crippen molar-refractivity contribution in [2.24, 2.45) is 5.73 Å². The predicted octanol–water partition coefficient (Wildman–Crippen LogP) is 1.39. The second-order valence-electron chi connectivity index (χ2n) is 5.40. The van der Waals surface area contributed by atoms with E-state index in [1.54, 1.807) is 36.4 Å². The van der Waals surface area contributed by atoms with Gasteiger partial charge in [0.2, 0.25) is 5.91 Å². The molecular weight excluding hydrogens is 384 g/mol. The molecule has 0 saturated heterocycles. The summed E-state index contributed by atoms with van der Waals surface area (Å²) in [6, 6.07) is 12.9.